The van der Waals surface area contributed by atoms with Crippen molar-refractivity contribution in [3.63, 3.8) is 0 Å². The smallest absolute Gasteiger partial charge is 0.242 e. The van der Waals surface area contributed by atoms with Crippen LogP contribution in [0.4, 0.5) is 10.2 Å². The number of halogens is 3. The third-order valence-electron chi connectivity index (χ3n) is 6.25. The highest BCUT2D eigenvalue weighted by Gasteiger charge is 2.28. The molecule has 0 aliphatic rings. The largest absolute Gasteiger partial charge is 0.384 e. The van der Waals surface area contributed by atoms with Gasteiger partial charge in [-0.1, -0.05) is 59.6 Å². The van der Waals surface area contributed by atoms with Gasteiger partial charge in [-0.15, -0.1) is 0 Å². The number of nitrogen functional groups attached to an aromatic ring is 1. The molecule has 0 aliphatic carbocycles. The molecule has 200 valence electrons. The fraction of sp³-hybridized carbons (Fsp3) is 0.167. The van der Waals surface area contributed by atoms with E-state index in [-0.39, 0.29) is 24.2 Å². The van der Waals surface area contributed by atoms with Gasteiger partial charge in [0, 0.05) is 22.8 Å². The molecule has 0 aliphatic heterocycles. The van der Waals surface area contributed by atoms with Crippen LogP contribution in [0.1, 0.15) is 34.6 Å². The Kier molecular flexibility index (Phi) is 9.52. The molecule has 3 aromatic carbocycles. The Morgan fingerprint density at radius 3 is 1.97 bits per heavy atom. The van der Waals surface area contributed by atoms with Crippen molar-refractivity contribution in [3.8, 4) is 0 Å². The second-order valence-electron chi connectivity index (χ2n) is 9.07. The van der Waals surface area contributed by atoms with Crippen LogP contribution in [0.25, 0.3) is 0 Å². The van der Waals surface area contributed by atoms with Gasteiger partial charge in [0.2, 0.25) is 11.8 Å². The maximum atomic E-state index is 13.8. The summed E-state index contributed by atoms with van der Waals surface area (Å²) in [4.78, 5) is 31.1. The number of benzene rings is 3. The first-order valence-corrected chi connectivity index (χ1v) is 13.1. The predicted molar refractivity (Wildman–Crippen MR) is 152 cm³/mol. The second-order valence-corrected chi connectivity index (χ2v) is 9.94. The van der Waals surface area contributed by atoms with Crippen LogP contribution in [-0.4, -0.2) is 22.8 Å². The first-order chi connectivity index (χ1) is 18.8. The summed E-state index contributed by atoms with van der Waals surface area (Å²) in [6.45, 7) is 0.186. The van der Waals surface area contributed by atoms with E-state index in [1.807, 2.05) is 6.07 Å². The summed E-state index contributed by atoms with van der Waals surface area (Å²) >= 11 is 12.2. The fourth-order valence-electron chi connectivity index (χ4n) is 4.21. The van der Waals surface area contributed by atoms with Crippen LogP contribution >= 0.6 is 23.2 Å². The number of rotatable bonds is 10. The average molecular weight is 565 g/mol. The number of anilines is 1. The zero-order valence-electron chi connectivity index (χ0n) is 20.9. The van der Waals surface area contributed by atoms with Crippen LogP contribution in [0.2, 0.25) is 10.0 Å². The number of hydrogen-bond acceptors (Lipinski definition) is 4. The summed E-state index contributed by atoms with van der Waals surface area (Å²) < 4.78 is 13.3. The number of nitrogens with one attached hydrogen (secondary N) is 2. The van der Waals surface area contributed by atoms with Gasteiger partial charge in [0.25, 0.3) is 0 Å². The van der Waals surface area contributed by atoms with E-state index in [0.29, 0.717) is 39.8 Å². The van der Waals surface area contributed by atoms with E-state index in [0.717, 1.165) is 11.1 Å². The Morgan fingerprint density at radius 2 is 1.41 bits per heavy atom. The summed E-state index contributed by atoms with van der Waals surface area (Å²) in [7, 11) is 0. The van der Waals surface area contributed by atoms with Crippen LogP contribution < -0.4 is 16.4 Å². The van der Waals surface area contributed by atoms with Crippen molar-refractivity contribution < 1.29 is 14.0 Å². The molecule has 9 heteroatoms. The summed E-state index contributed by atoms with van der Waals surface area (Å²) in [5, 5.41) is 6.90. The van der Waals surface area contributed by atoms with Crippen LogP contribution in [0.15, 0.2) is 91.1 Å². The number of hydrogen-bond donors (Lipinski definition) is 3. The second kappa shape index (κ2) is 13.2. The number of nitrogens with zero attached hydrogens (tertiary/aromatic N) is 1. The maximum absolute atomic E-state index is 13.8. The number of aromatic nitrogens is 1. The van der Waals surface area contributed by atoms with Gasteiger partial charge in [-0.25, -0.2) is 9.37 Å². The van der Waals surface area contributed by atoms with Crippen LogP contribution in [-0.2, 0) is 22.6 Å². The molecular formula is C30H27Cl2FN4O2. The van der Waals surface area contributed by atoms with E-state index in [4.69, 9.17) is 28.9 Å². The van der Waals surface area contributed by atoms with Crippen molar-refractivity contribution in [2.45, 2.75) is 31.3 Å². The highest BCUT2D eigenvalue weighted by atomic mass is 35.5. The molecule has 6 nitrogen and oxygen atoms in total. The molecule has 0 fully saturated rings. The van der Waals surface area contributed by atoms with Crippen molar-refractivity contribution >= 4 is 40.8 Å². The molecule has 1 aromatic heterocycles. The number of carbonyl (C=O) groups excluding carboxylic acids is 2. The zero-order chi connectivity index (χ0) is 27.8. The Labute approximate surface area is 236 Å². The molecular weight excluding hydrogens is 538 g/mol. The minimum absolute atomic E-state index is 0.186. The van der Waals surface area contributed by atoms with Crippen LogP contribution in [0.3, 0.4) is 0 Å². The van der Waals surface area contributed by atoms with Crippen LogP contribution in [0, 0.1) is 5.82 Å². The van der Waals surface area contributed by atoms with Gasteiger partial charge >= 0.3 is 0 Å². The number of pyridine rings is 1. The summed E-state index contributed by atoms with van der Waals surface area (Å²) in [5.41, 5.74) is 8.86. The van der Waals surface area contributed by atoms with Gasteiger partial charge in [0.05, 0.1) is 5.92 Å². The van der Waals surface area contributed by atoms with Crippen molar-refractivity contribution in [2.24, 2.45) is 0 Å². The molecule has 1 atom stereocenters. The Bertz CT molecular complexity index is 1370. The molecule has 0 radical (unpaired) electrons. The number of carbonyl (C=O) groups is 2. The van der Waals surface area contributed by atoms with E-state index < -0.39 is 12.0 Å². The molecule has 4 aromatic rings. The minimum Gasteiger partial charge on any atom is -0.384 e. The minimum atomic E-state index is -0.852. The quantitative estimate of drug-likeness (QED) is 0.231. The van der Waals surface area contributed by atoms with Gasteiger partial charge in [0.1, 0.15) is 17.7 Å². The fourth-order valence-corrected chi connectivity index (χ4v) is 4.46. The van der Waals surface area contributed by atoms with Gasteiger partial charge < -0.3 is 16.4 Å². The molecule has 0 saturated heterocycles. The van der Waals surface area contributed by atoms with E-state index in [2.05, 4.69) is 15.6 Å². The van der Waals surface area contributed by atoms with Gasteiger partial charge in [-0.05, 0) is 83.6 Å². The average Bonchev–Trinajstić information content (AvgIpc) is 2.93. The molecule has 0 saturated carbocycles. The molecule has 4 rings (SSSR count). The predicted octanol–water partition coefficient (Wildman–Crippen LogP) is 5.68. The standard InChI is InChI=1S/C30H27Cl2FN4O2/c31-23-8-4-21(5-9-23)28(22-6-10-24(32)11-7-22)30(39)37-26(14-3-19-15-16-35-27(34)17-19)29(38)36-18-20-1-12-25(33)13-2-20/h1-2,4-13,15-17,26,28H,3,14,18H2,(H2,34,35)(H,36,38)(H,37,39). The van der Waals surface area contributed by atoms with Crippen molar-refractivity contribution in [3.05, 3.63) is 129 Å². The lowest BCUT2D eigenvalue weighted by atomic mass is 9.90. The van der Waals surface area contributed by atoms with Gasteiger partial charge in [-0.3, -0.25) is 9.59 Å². The lowest BCUT2D eigenvalue weighted by Crippen LogP contribution is -2.48. The maximum Gasteiger partial charge on any atom is 0.242 e. The van der Waals surface area contributed by atoms with E-state index in [1.165, 1.54) is 12.1 Å². The van der Waals surface area contributed by atoms with Crippen molar-refractivity contribution in [1.82, 2.24) is 15.6 Å². The molecule has 0 spiro atoms. The summed E-state index contributed by atoms with van der Waals surface area (Å²) in [5.74, 6) is -1.40. The summed E-state index contributed by atoms with van der Waals surface area (Å²) in [6.07, 6.45) is 2.40. The van der Waals surface area contributed by atoms with E-state index in [9.17, 15) is 14.0 Å². The Hall–Kier alpha value is -3.94. The van der Waals surface area contributed by atoms with Gasteiger partial charge in [-0.2, -0.15) is 0 Å². The molecule has 0 bridgehead atoms. The van der Waals surface area contributed by atoms with Crippen molar-refractivity contribution in [2.75, 3.05) is 5.73 Å². The van der Waals surface area contributed by atoms with E-state index >= 15 is 0 Å². The normalized spacial score (nSPS) is 11.7. The number of nitrogens with two attached hydrogens (primary N) is 1. The number of amides is 2. The summed E-state index contributed by atoms with van der Waals surface area (Å²) in [6, 6.07) is 22.5. The number of aryl methyl sites for hydroxylation is 1. The van der Waals surface area contributed by atoms with Gasteiger partial charge in [0.15, 0.2) is 0 Å². The SMILES string of the molecule is Nc1cc(CCC(NC(=O)C(c2ccc(Cl)cc2)c2ccc(Cl)cc2)C(=O)NCc2ccc(F)cc2)ccn1. The third kappa shape index (κ3) is 8.02. The monoisotopic (exact) mass is 564 g/mol. The highest BCUT2D eigenvalue weighted by Crippen LogP contribution is 2.28. The topological polar surface area (TPSA) is 97.1 Å². The Balaban J connectivity index is 1.57. The molecule has 1 unspecified atom stereocenters. The lowest BCUT2D eigenvalue weighted by molar-refractivity contribution is -0.129. The van der Waals surface area contributed by atoms with E-state index in [1.54, 1.807) is 72.9 Å². The Morgan fingerprint density at radius 1 is 0.821 bits per heavy atom. The third-order valence-corrected chi connectivity index (χ3v) is 6.75. The molecule has 2 amide bonds. The molecule has 1 heterocycles. The zero-order valence-corrected chi connectivity index (χ0v) is 22.4. The lowest BCUT2D eigenvalue weighted by Gasteiger charge is -2.23. The molecule has 39 heavy (non-hydrogen) atoms. The first-order valence-electron chi connectivity index (χ1n) is 12.3. The van der Waals surface area contributed by atoms with Crippen molar-refractivity contribution in [1.29, 1.82) is 0 Å². The highest BCUT2D eigenvalue weighted by molar-refractivity contribution is 6.30. The molecule has 4 N–H and O–H groups in total. The van der Waals surface area contributed by atoms with Crippen LogP contribution in [0.5, 0.6) is 0 Å². The first kappa shape index (κ1) is 28.1.